The predicted octanol–water partition coefficient (Wildman–Crippen LogP) is 3.79. The first-order valence-electron chi connectivity index (χ1n) is 11.9. The second kappa shape index (κ2) is 7.90. The minimum Gasteiger partial charge on any atom is -0.457 e. The molecule has 5 aliphatic carbocycles. The quantitative estimate of drug-likeness (QED) is 0.260. The van der Waals surface area contributed by atoms with Crippen LogP contribution in [0, 0.1) is 41.4 Å². The lowest BCUT2D eigenvalue weighted by Gasteiger charge is -2.37. The van der Waals surface area contributed by atoms with E-state index in [0.29, 0.717) is 43.1 Å². The van der Waals surface area contributed by atoms with Gasteiger partial charge < -0.3 is 4.74 Å². The van der Waals surface area contributed by atoms with Gasteiger partial charge in [-0.05, 0) is 67.9 Å². The Labute approximate surface area is 200 Å². The molecule has 4 fully saturated rings. The molecule has 0 radical (unpaired) electrons. The highest BCUT2D eigenvalue weighted by atomic mass is 79.9. The van der Waals surface area contributed by atoms with Crippen LogP contribution in [0.3, 0.4) is 0 Å². The molecule has 1 heterocycles. The van der Waals surface area contributed by atoms with E-state index in [0.717, 1.165) is 10.9 Å². The monoisotopic (exact) mass is 511 g/mol. The van der Waals surface area contributed by atoms with Gasteiger partial charge in [0, 0.05) is 16.1 Å². The van der Waals surface area contributed by atoms with Crippen molar-refractivity contribution in [1.29, 1.82) is 0 Å². The molecule has 0 unspecified atom stereocenters. The lowest BCUT2D eigenvalue weighted by Crippen LogP contribution is -2.44. The van der Waals surface area contributed by atoms with Crippen molar-refractivity contribution in [2.75, 3.05) is 6.61 Å². The van der Waals surface area contributed by atoms with E-state index in [1.165, 1.54) is 0 Å². The van der Waals surface area contributed by atoms with Crippen LogP contribution in [-0.2, 0) is 19.1 Å². The number of hydrogen-bond acceptors (Lipinski definition) is 5. The number of rotatable bonds is 5. The maximum Gasteiger partial charge on any atom is 0.309 e. The summed E-state index contributed by atoms with van der Waals surface area (Å²) < 4.78 is 6.18. The number of esters is 1. The van der Waals surface area contributed by atoms with Crippen molar-refractivity contribution < 1.29 is 23.9 Å². The molecule has 2 bridgehead atoms. The molecule has 3 saturated carbocycles. The molecular weight excluding hydrogens is 486 g/mol. The number of likely N-dealkylation sites (tertiary alicyclic amines) is 1. The molecule has 33 heavy (non-hydrogen) atoms. The molecule has 0 aromatic heterocycles. The van der Waals surface area contributed by atoms with Gasteiger partial charge in [-0.1, -0.05) is 40.2 Å². The van der Waals surface area contributed by atoms with E-state index in [1.54, 1.807) is 29.2 Å². The first-order chi connectivity index (χ1) is 15.9. The molecule has 1 saturated heterocycles. The topological polar surface area (TPSA) is 80.8 Å². The maximum absolute atomic E-state index is 13.3. The molecule has 172 valence electrons. The molecular formula is C26H26BrNO5. The molecule has 6 atom stereocenters. The summed E-state index contributed by atoms with van der Waals surface area (Å²) in [5.74, 6) is 0.484. The zero-order valence-corrected chi connectivity index (χ0v) is 19.8. The van der Waals surface area contributed by atoms with E-state index in [4.69, 9.17) is 4.74 Å². The Balaban J connectivity index is 1.04. The molecule has 6 nitrogen and oxygen atoms in total. The van der Waals surface area contributed by atoms with Gasteiger partial charge in [0.25, 0.3) is 0 Å². The van der Waals surface area contributed by atoms with Gasteiger partial charge in [-0.3, -0.25) is 24.1 Å². The van der Waals surface area contributed by atoms with Crippen molar-refractivity contribution in [2.45, 2.75) is 38.1 Å². The third-order valence-electron chi connectivity index (χ3n) is 8.60. The number of allylic oxidation sites excluding steroid dienone is 2. The number of ether oxygens (including phenoxy) is 1. The lowest BCUT2D eigenvalue weighted by atomic mass is 9.63. The predicted molar refractivity (Wildman–Crippen MR) is 122 cm³/mol. The van der Waals surface area contributed by atoms with Crippen LogP contribution >= 0.6 is 15.9 Å². The normalized spacial score (nSPS) is 38.2. The van der Waals surface area contributed by atoms with Gasteiger partial charge in [-0.15, -0.1) is 0 Å². The molecule has 1 aliphatic heterocycles. The van der Waals surface area contributed by atoms with E-state index in [-0.39, 0.29) is 65.8 Å². The van der Waals surface area contributed by atoms with E-state index in [1.807, 2.05) is 0 Å². The van der Waals surface area contributed by atoms with Crippen LogP contribution in [0.4, 0.5) is 0 Å². The van der Waals surface area contributed by atoms with Crippen molar-refractivity contribution in [2.24, 2.45) is 41.4 Å². The molecule has 2 amide bonds. The number of halogens is 1. The zero-order valence-electron chi connectivity index (χ0n) is 18.2. The summed E-state index contributed by atoms with van der Waals surface area (Å²) in [6, 6.07) is 6.81. The number of carbonyl (C=O) groups is 4. The Kier molecular flexibility index (Phi) is 5.09. The summed E-state index contributed by atoms with van der Waals surface area (Å²) in [6.45, 7) is -0.273. The standard InChI is InChI=1S/C26H26BrNO5/c27-15-5-1-13(2-6-15)21(29)12-33-26(32)14-3-7-16(8-4-14)28-24(30)22-17-9-10-18(20-11-19(17)20)23(22)25(28)31/h1-2,5-6,9-10,14,16-20,22-23H,3-4,7-8,11-12H2/t14?,16?,17-,18-,19-,20-,22+,23+/m0/s1. The maximum atomic E-state index is 13.3. The highest BCUT2D eigenvalue weighted by Crippen LogP contribution is 2.65. The van der Waals surface area contributed by atoms with Crippen LogP contribution in [0.5, 0.6) is 0 Å². The molecule has 0 spiro atoms. The Morgan fingerprint density at radius 2 is 1.48 bits per heavy atom. The van der Waals surface area contributed by atoms with Gasteiger partial charge in [0.2, 0.25) is 11.8 Å². The second-order valence-electron chi connectivity index (χ2n) is 10.2. The third kappa shape index (κ3) is 3.42. The van der Waals surface area contributed by atoms with E-state index in [9.17, 15) is 19.2 Å². The van der Waals surface area contributed by atoms with Crippen LogP contribution in [0.25, 0.3) is 0 Å². The van der Waals surface area contributed by atoms with E-state index >= 15 is 0 Å². The third-order valence-corrected chi connectivity index (χ3v) is 9.13. The molecule has 1 aromatic carbocycles. The average Bonchev–Trinajstić information content (AvgIpc) is 3.61. The summed E-state index contributed by atoms with van der Waals surface area (Å²) in [7, 11) is 0. The average molecular weight is 512 g/mol. The SMILES string of the molecule is O=C(COC(=O)C1CCC(N2C(=O)[C@@H]3[C@H]4C=C[C@@H]([C@@H]5C[C@@H]45)[C@H]3C2=O)CC1)c1ccc(Br)cc1. The fourth-order valence-electron chi connectivity index (χ4n) is 6.88. The van der Waals surface area contributed by atoms with Crippen molar-refractivity contribution in [3.63, 3.8) is 0 Å². The molecule has 6 aliphatic rings. The molecule has 7 heteroatoms. The van der Waals surface area contributed by atoms with Crippen molar-refractivity contribution in [1.82, 2.24) is 4.90 Å². The fraction of sp³-hybridized carbons (Fsp3) is 0.538. The van der Waals surface area contributed by atoms with Crippen LogP contribution in [-0.4, -0.2) is 41.1 Å². The molecule has 0 N–H and O–H groups in total. The van der Waals surface area contributed by atoms with Crippen molar-refractivity contribution in [3.8, 4) is 0 Å². The van der Waals surface area contributed by atoms with E-state index < -0.39 is 0 Å². The number of amides is 2. The van der Waals surface area contributed by atoms with Crippen LogP contribution in [0.1, 0.15) is 42.5 Å². The lowest BCUT2D eigenvalue weighted by molar-refractivity contribution is -0.149. The number of Topliss-reactive ketones (excluding diaryl/α,β-unsaturated/α-hetero) is 1. The van der Waals surface area contributed by atoms with Crippen LogP contribution in [0.15, 0.2) is 40.9 Å². The van der Waals surface area contributed by atoms with Gasteiger partial charge >= 0.3 is 5.97 Å². The number of imide groups is 1. The van der Waals surface area contributed by atoms with Crippen molar-refractivity contribution >= 4 is 39.5 Å². The van der Waals surface area contributed by atoms with Gasteiger partial charge in [-0.2, -0.15) is 0 Å². The Hall–Kier alpha value is -2.28. The first-order valence-corrected chi connectivity index (χ1v) is 12.7. The second-order valence-corrected chi connectivity index (χ2v) is 11.2. The van der Waals surface area contributed by atoms with Crippen LogP contribution in [0.2, 0.25) is 0 Å². The van der Waals surface area contributed by atoms with Crippen molar-refractivity contribution in [3.05, 3.63) is 46.5 Å². The minimum absolute atomic E-state index is 0.0146. The van der Waals surface area contributed by atoms with Gasteiger partial charge in [0.15, 0.2) is 12.4 Å². The summed E-state index contributed by atoms with van der Waals surface area (Å²) in [5.41, 5.74) is 0.503. The highest BCUT2D eigenvalue weighted by molar-refractivity contribution is 9.10. The summed E-state index contributed by atoms with van der Waals surface area (Å²) >= 11 is 3.33. The minimum atomic E-state index is -0.367. The number of nitrogens with zero attached hydrogens (tertiary/aromatic N) is 1. The van der Waals surface area contributed by atoms with Crippen LogP contribution < -0.4 is 0 Å². The Morgan fingerprint density at radius 3 is 2.06 bits per heavy atom. The summed E-state index contributed by atoms with van der Waals surface area (Å²) in [6.07, 6.45) is 7.92. The molecule has 1 aromatic rings. The number of carbonyl (C=O) groups excluding carboxylic acids is 4. The number of hydrogen-bond donors (Lipinski definition) is 0. The highest BCUT2D eigenvalue weighted by Gasteiger charge is 2.67. The summed E-state index contributed by atoms with van der Waals surface area (Å²) in [5, 5.41) is 0. The summed E-state index contributed by atoms with van der Waals surface area (Å²) in [4.78, 5) is 53.0. The Morgan fingerprint density at radius 1 is 0.909 bits per heavy atom. The van der Waals surface area contributed by atoms with E-state index in [2.05, 4.69) is 28.1 Å². The largest absolute Gasteiger partial charge is 0.457 e. The Bertz CT molecular complexity index is 1020. The number of ketones is 1. The smallest absolute Gasteiger partial charge is 0.309 e. The fourth-order valence-corrected chi connectivity index (χ4v) is 7.15. The first kappa shape index (κ1) is 21.3. The number of benzene rings is 1. The van der Waals surface area contributed by atoms with Gasteiger partial charge in [0.05, 0.1) is 17.8 Å². The zero-order chi connectivity index (χ0) is 22.9. The van der Waals surface area contributed by atoms with Gasteiger partial charge in [-0.25, -0.2) is 0 Å². The van der Waals surface area contributed by atoms with Gasteiger partial charge in [0.1, 0.15) is 0 Å². The molecule has 7 rings (SSSR count).